The average Bonchev–Trinajstić information content (AvgIpc) is 2.59. The maximum atomic E-state index is 9.17. The Balaban J connectivity index is 1.99. The number of halogens is 1. The summed E-state index contributed by atoms with van der Waals surface area (Å²) in [6.07, 6.45) is 0.721. The molecular formula is C18H19BrN2O2. The molecule has 0 aromatic heterocycles. The number of fused-ring (bicyclic) bond motifs is 1. The summed E-state index contributed by atoms with van der Waals surface area (Å²) < 4.78 is 6.28. The molecule has 0 fully saturated rings. The van der Waals surface area contributed by atoms with Gasteiger partial charge >= 0.3 is 0 Å². The molecule has 3 rings (SSSR count). The molecule has 0 amide bonds. The maximum Gasteiger partial charge on any atom is 0.136 e. The van der Waals surface area contributed by atoms with Gasteiger partial charge in [0.25, 0.3) is 0 Å². The van der Waals surface area contributed by atoms with E-state index in [0.717, 1.165) is 46.8 Å². The van der Waals surface area contributed by atoms with Crippen LogP contribution in [0.1, 0.15) is 17.5 Å². The Bertz CT molecular complexity index is 713. The Hall–Kier alpha value is -1.85. The number of hydrogen-bond acceptors (Lipinski definition) is 4. The molecular weight excluding hydrogens is 356 g/mol. The largest absolute Gasteiger partial charge is 0.497 e. The minimum Gasteiger partial charge on any atom is -0.497 e. The van der Waals surface area contributed by atoms with E-state index in [1.165, 1.54) is 5.56 Å². The first-order valence-electron chi connectivity index (χ1n) is 7.58. The van der Waals surface area contributed by atoms with Crippen LogP contribution in [0.3, 0.4) is 0 Å². The van der Waals surface area contributed by atoms with Crippen molar-refractivity contribution in [1.29, 1.82) is 0 Å². The van der Waals surface area contributed by atoms with Gasteiger partial charge in [-0.1, -0.05) is 15.9 Å². The Morgan fingerprint density at radius 3 is 2.70 bits per heavy atom. The van der Waals surface area contributed by atoms with Crippen LogP contribution >= 0.6 is 15.9 Å². The van der Waals surface area contributed by atoms with E-state index >= 15 is 0 Å². The molecule has 1 aliphatic rings. The number of aliphatic imine (C=N–C) groups is 1. The van der Waals surface area contributed by atoms with E-state index in [1.54, 1.807) is 7.11 Å². The first-order valence-corrected chi connectivity index (χ1v) is 8.38. The van der Waals surface area contributed by atoms with Crippen molar-refractivity contribution < 1.29 is 9.84 Å². The van der Waals surface area contributed by atoms with E-state index in [1.807, 2.05) is 36.4 Å². The summed E-state index contributed by atoms with van der Waals surface area (Å²) in [7, 11) is 1.66. The first kappa shape index (κ1) is 16.0. The van der Waals surface area contributed by atoms with Crippen molar-refractivity contribution in [3.05, 3.63) is 58.1 Å². The normalized spacial score (nSPS) is 13.5. The molecule has 23 heavy (non-hydrogen) atoms. The second-order valence-corrected chi connectivity index (χ2v) is 6.35. The van der Waals surface area contributed by atoms with Crippen molar-refractivity contribution >= 4 is 27.5 Å². The van der Waals surface area contributed by atoms with E-state index in [4.69, 9.17) is 9.73 Å². The topological polar surface area (TPSA) is 45.1 Å². The third kappa shape index (κ3) is 3.57. The van der Waals surface area contributed by atoms with Crippen LogP contribution in [0.2, 0.25) is 0 Å². The van der Waals surface area contributed by atoms with Gasteiger partial charge in [-0.15, -0.1) is 0 Å². The zero-order valence-corrected chi connectivity index (χ0v) is 14.6. The lowest BCUT2D eigenvalue weighted by Crippen LogP contribution is -2.34. The standard InChI is InChI=1S/C18H19BrN2O2/c1-23-16-6-3-13(4-7-16)18-20-17-8-5-15(19)11-14(17)12-21(18)9-2-10-22/h3-8,11,22H,2,9-10,12H2,1H3. The monoisotopic (exact) mass is 374 g/mol. The van der Waals surface area contributed by atoms with Gasteiger partial charge in [-0.05, 0) is 54.4 Å². The average molecular weight is 375 g/mol. The number of aliphatic hydroxyl groups is 1. The fourth-order valence-electron chi connectivity index (χ4n) is 2.69. The van der Waals surface area contributed by atoms with Crippen molar-refractivity contribution in [1.82, 2.24) is 4.90 Å². The molecule has 1 heterocycles. The van der Waals surface area contributed by atoms with E-state index in [9.17, 15) is 5.11 Å². The number of benzene rings is 2. The van der Waals surface area contributed by atoms with Gasteiger partial charge in [0, 0.05) is 29.7 Å². The van der Waals surface area contributed by atoms with Gasteiger partial charge in [-0.2, -0.15) is 0 Å². The van der Waals surface area contributed by atoms with Crippen molar-refractivity contribution in [2.45, 2.75) is 13.0 Å². The third-order valence-corrected chi connectivity index (χ3v) is 4.36. The van der Waals surface area contributed by atoms with Crippen LogP contribution in [-0.2, 0) is 6.54 Å². The van der Waals surface area contributed by atoms with Gasteiger partial charge < -0.3 is 14.7 Å². The highest BCUT2D eigenvalue weighted by Gasteiger charge is 2.21. The summed E-state index contributed by atoms with van der Waals surface area (Å²) in [5, 5.41) is 9.17. The SMILES string of the molecule is COc1ccc(C2=Nc3ccc(Br)cc3CN2CCCO)cc1. The molecule has 0 unspecified atom stereocenters. The van der Waals surface area contributed by atoms with Crippen LogP contribution in [0.25, 0.3) is 0 Å². The number of nitrogens with zero attached hydrogens (tertiary/aromatic N) is 2. The molecule has 0 saturated carbocycles. The van der Waals surface area contributed by atoms with Crippen molar-refractivity contribution in [3.8, 4) is 5.75 Å². The maximum absolute atomic E-state index is 9.17. The number of aliphatic hydroxyl groups excluding tert-OH is 1. The first-order chi connectivity index (χ1) is 11.2. The van der Waals surface area contributed by atoms with Crippen LogP contribution in [0, 0.1) is 0 Å². The zero-order chi connectivity index (χ0) is 16.2. The molecule has 1 N–H and O–H groups in total. The van der Waals surface area contributed by atoms with Gasteiger partial charge in [-0.3, -0.25) is 0 Å². The second-order valence-electron chi connectivity index (χ2n) is 5.44. The van der Waals surface area contributed by atoms with Gasteiger partial charge in [0.15, 0.2) is 0 Å². The van der Waals surface area contributed by atoms with Gasteiger partial charge in [0.1, 0.15) is 11.6 Å². The Labute approximate surface area is 144 Å². The highest BCUT2D eigenvalue weighted by atomic mass is 79.9. The summed E-state index contributed by atoms with van der Waals surface area (Å²) >= 11 is 3.52. The van der Waals surface area contributed by atoms with Crippen molar-refractivity contribution in [2.24, 2.45) is 4.99 Å². The summed E-state index contributed by atoms with van der Waals surface area (Å²) in [5.41, 5.74) is 3.24. The number of hydrogen-bond donors (Lipinski definition) is 1. The smallest absolute Gasteiger partial charge is 0.136 e. The molecule has 0 spiro atoms. The summed E-state index contributed by atoms with van der Waals surface area (Å²) in [6, 6.07) is 14.1. The molecule has 0 aliphatic carbocycles. The van der Waals surface area contributed by atoms with E-state index in [0.29, 0.717) is 0 Å². The molecule has 2 aromatic rings. The molecule has 0 atom stereocenters. The van der Waals surface area contributed by atoms with Gasteiger partial charge in [0.05, 0.1) is 12.8 Å². The minimum atomic E-state index is 0.178. The van der Waals surface area contributed by atoms with Crippen molar-refractivity contribution in [3.63, 3.8) is 0 Å². The quantitative estimate of drug-likeness (QED) is 0.866. The molecule has 2 aromatic carbocycles. The van der Waals surface area contributed by atoms with E-state index < -0.39 is 0 Å². The molecule has 0 radical (unpaired) electrons. The predicted octanol–water partition coefficient (Wildman–Crippen LogP) is 3.73. The minimum absolute atomic E-state index is 0.178. The molecule has 120 valence electrons. The van der Waals surface area contributed by atoms with Crippen LogP contribution < -0.4 is 4.74 Å². The van der Waals surface area contributed by atoms with Crippen LogP contribution in [0.4, 0.5) is 5.69 Å². The third-order valence-electron chi connectivity index (χ3n) is 3.86. The van der Waals surface area contributed by atoms with Crippen LogP contribution in [0.5, 0.6) is 5.75 Å². The Morgan fingerprint density at radius 2 is 2.00 bits per heavy atom. The Morgan fingerprint density at radius 1 is 1.22 bits per heavy atom. The molecule has 0 saturated heterocycles. The van der Waals surface area contributed by atoms with Gasteiger partial charge in [-0.25, -0.2) is 4.99 Å². The number of methoxy groups -OCH3 is 1. The summed E-state index contributed by atoms with van der Waals surface area (Å²) in [5.74, 6) is 1.77. The second kappa shape index (κ2) is 7.15. The molecule has 1 aliphatic heterocycles. The van der Waals surface area contributed by atoms with E-state index in [2.05, 4.69) is 26.9 Å². The summed E-state index contributed by atoms with van der Waals surface area (Å²) in [4.78, 5) is 7.06. The Kier molecular flexibility index (Phi) is 4.98. The number of amidine groups is 1. The molecule has 5 heteroatoms. The lowest BCUT2D eigenvalue weighted by atomic mass is 10.1. The van der Waals surface area contributed by atoms with Crippen molar-refractivity contribution in [2.75, 3.05) is 20.3 Å². The summed E-state index contributed by atoms with van der Waals surface area (Å²) in [6.45, 7) is 1.74. The van der Waals surface area contributed by atoms with Crippen LogP contribution in [0.15, 0.2) is 51.9 Å². The number of rotatable bonds is 5. The zero-order valence-electron chi connectivity index (χ0n) is 13.0. The lowest BCUT2D eigenvalue weighted by Gasteiger charge is -2.31. The highest BCUT2D eigenvalue weighted by Crippen LogP contribution is 2.31. The number of ether oxygens (including phenoxy) is 1. The van der Waals surface area contributed by atoms with Crippen LogP contribution in [-0.4, -0.2) is 36.1 Å². The van der Waals surface area contributed by atoms with E-state index in [-0.39, 0.29) is 6.61 Å². The van der Waals surface area contributed by atoms with Gasteiger partial charge in [0.2, 0.25) is 0 Å². The lowest BCUT2D eigenvalue weighted by molar-refractivity contribution is 0.264. The molecule has 4 nitrogen and oxygen atoms in total. The molecule has 0 bridgehead atoms. The fraction of sp³-hybridized carbons (Fsp3) is 0.278. The fourth-order valence-corrected chi connectivity index (χ4v) is 3.10. The highest BCUT2D eigenvalue weighted by molar-refractivity contribution is 9.10. The predicted molar refractivity (Wildman–Crippen MR) is 95.4 cm³/mol.